The molecule has 5 heteroatoms. The standard InChI is InChI=1S/C12H16N4O/c13-6-2-4-11-9-16(15-14-11)8-10-3-1-5-12(17)7-10/h1,3,5,7,9,17H,2,4,6,8,13H2. The number of rotatable bonds is 5. The quantitative estimate of drug-likeness (QED) is 0.803. The summed E-state index contributed by atoms with van der Waals surface area (Å²) in [6.07, 6.45) is 3.70. The molecule has 1 aromatic carbocycles. The van der Waals surface area contributed by atoms with Crippen molar-refractivity contribution in [2.75, 3.05) is 6.54 Å². The third-order valence-electron chi connectivity index (χ3n) is 2.48. The molecule has 0 amide bonds. The Morgan fingerprint density at radius 3 is 3.00 bits per heavy atom. The van der Waals surface area contributed by atoms with Crippen LogP contribution in [-0.4, -0.2) is 26.6 Å². The van der Waals surface area contributed by atoms with Crippen LogP contribution < -0.4 is 5.73 Å². The molecule has 0 saturated heterocycles. The molecule has 1 aromatic heterocycles. The molecule has 3 N–H and O–H groups in total. The molecule has 5 nitrogen and oxygen atoms in total. The Labute approximate surface area is 99.9 Å². The van der Waals surface area contributed by atoms with Gasteiger partial charge >= 0.3 is 0 Å². The summed E-state index contributed by atoms with van der Waals surface area (Å²) in [6, 6.07) is 7.14. The highest BCUT2D eigenvalue weighted by Gasteiger charge is 2.01. The van der Waals surface area contributed by atoms with E-state index < -0.39 is 0 Å². The van der Waals surface area contributed by atoms with Crippen molar-refractivity contribution in [1.82, 2.24) is 15.0 Å². The number of benzene rings is 1. The van der Waals surface area contributed by atoms with Gasteiger partial charge in [0, 0.05) is 6.20 Å². The second-order valence-corrected chi connectivity index (χ2v) is 3.97. The molecule has 0 aliphatic rings. The number of nitrogens with zero attached hydrogens (tertiary/aromatic N) is 3. The number of hydrogen-bond donors (Lipinski definition) is 2. The van der Waals surface area contributed by atoms with Gasteiger partial charge in [-0.05, 0) is 37.1 Å². The molecule has 90 valence electrons. The topological polar surface area (TPSA) is 77.0 Å². The van der Waals surface area contributed by atoms with Gasteiger partial charge in [-0.15, -0.1) is 5.10 Å². The summed E-state index contributed by atoms with van der Waals surface area (Å²) in [5.41, 5.74) is 7.40. The maximum Gasteiger partial charge on any atom is 0.115 e. The van der Waals surface area contributed by atoms with Crippen LogP contribution in [0.15, 0.2) is 30.5 Å². The van der Waals surface area contributed by atoms with Crippen LogP contribution in [0, 0.1) is 0 Å². The van der Waals surface area contributed by atoms with Gasteiger partial charge < -0.3 is 10.8 Å². The summed E-state index contributed by atoms with van der Waals surface area (Å²) < 4.78 is 1.76. The first kappa shape index (κ1) is 11.6. The molecule has 0 aliphatic heterocycles. The normalized spacial score (nSPS) is 10.6. The summed E-state index contributed by atoms with van der Waals surface area (Å²) in [5.74, 6) is 0.269. The lowest BCUT2D eigenvalue weighted by Crippen LogP contribution is -2.00. The lowest BCUT2D eigenvalue weighted by Gasteiger charge is -2.01. The van der Waals surface area contributed by atoms with Gasteiger partial charge in [-0.1, -0.05) is 17.3 Å². The monoisotopic (exact) mass is 232 g/mol. The summed E-state index contributed by atoms with van der Waals surface area (Å²) in [4.78, 5) is 0. The molecule has 0 aliphatic carbocycles. The van der Waals surface area contributed by atoms with Crippen molar-refractivity contribution in [1.29, 1.82) is 0 Å². The van der Waals surface area contributed by atoms with Crippen molar-refractivity contribution >= 4 is 0 Å². The molecule has 1 heterocycles. The molecule has 0 spiro atoms. The van der Waals surface area contributed by atoms with Crippen LogP contribution in [0.25, 0.3) is 0 Å². The maximum absolute atomic E-state index is 9.35. The molecule has 0 fully saturated rings. The van der Waals surface area contributed by atoms with Gasteiger partial charge in [0.15, 0.2) is 0 Å². The Hall–Kier alpha value is -1.88. The van der Waals surface area contributed by atoms with Crippen molar-refractivity contribution in [2.24, 2.45) is 5.73 Å². The summed E-state index contributed by atoms with van der Waals surface area (Å²) in [5, 5.41) is 17.5. The molecule has 0 bridgehead atoms. The highest BCUT2D eigenvalue weighted by molar-refractivity contribution is 5.27. The first-order chi connectivity index (χ1) is 8.28. The highest BCUT2D eigenvalue weighted by Crippen LogP contribution is 2.11. The predicted octanol–water partition coefficient (Wildman–Crippen LogP) is 0.923. The lowest BCUT2D eigenvalue weighted by molar-refractivity contribution is 0.474. The van der Waals surface area contributed by atoms with E-state index in [0.717, 1.165) is 24.1 Å². The molecule has 0 unspecified atom stereocenters. The average Bonchev–Trinajstić information content (AvgIpc) is 2.74. The molecule has 2 rings (SSSR count). The van der Waals surface area contributed by atoms with E-state index in [0.29, 0.717) is 13.1 Å². The second kappa shape index (κ2) is 5.45. The minimum absolute atomic E-state index is 0.269. The van der Waals surface area contributed by atoms with Crippen molar-refractivity contribution < 1.29 is 5.11 Å². The molecule has 2 aromatic rings. The van der Waals surface area contributed by atoms with Crippen molar-refractivity contribution in [3.8, 4) is 5.75 Å². The number of aryl methyl sites for hydroxylation is 1. The zero-order chi connectivity index (χ0) is 12.1. The molecular weight excluding hydrogens is 216 g/mol. The fourth-order valence-electron chi connectivity index (χ4n) is 1.66. The Morgan fingerprint density at radius 1 is 1.35 bits per heavy atom. The number of nitrogens with two attached hydrogens (primary N) is 1. The van der Waals surface area contributed by atoms with Gasteiger partial charge in [0.1, 0.15) is 5.75 Å². The molecular formula is C12H16N4O. The Bertz CT molecular complexity index is 481. The van der Waals surface area contributed by atoms with Crippen LogP contribution in [0.4, 0.5) is 0 Å². The van der Waals surface area contributed by atoms with Gasteiger partial charge in [0.2, 0.25) is 0 Å². The van der Waals surface area contributed by atoms with E-state index in [1.54, 1.807) is 16.8 Å². The number of hydrogen-bond acceptors (Lipinski definition) is 4. The minimum Gasteiger partial charge on any atom is -0.508 e. The van der Waals surface area contributed by atoms with Crippen LogP contribution in [0.3, 0.4) is 0 Å². The number of phenolic OH excluding ortho intramolecular Hbond substituents is 1. The molecule has 17 heavy (non-hydrogen) atoms. The second-order valence-electron chi connectivity index (χ2n) is 3.97. The predicted molar refractivity (Wildman–Crippen MR) is 64.6 cm³/mol. The SMILES string of the molecule is NCCCc1cn(Cc2cccc(O)c2)nn1. The third kappa shape index (κ3) is 3.29. The van der Waals surface area contributed by atoms with Crippen molar-refractivity contribution in [3.05, 3.63) is 41.7 Å². The number of aromatic hydroxyl groups is 1. The molecule has 0 radical (unpaired) electrons. The van der Waals surface area contributed by atoms with Gasteiger partial charge in [0.05, 0.1) is 12.2 Å². The first-order valence-corrected chi connectivity index (χ1v) is 5.65. The third-order valence-corrected chi connectivity index (χ3v) is 2.48. The zero-order valence-electron chi connectivity index (χ0n) is 9.58. The van der Waals surface area contributed by atoms with E-state index in [1.807, 2.05) is 18.3 Å². The van der Waals surface area contributed by atoms with Crippen molar-refractivity contribution in [2.45, 2.75) is 19.4 Å². The highest BCUT2D eigenvalue weighted by atomic mass is 16.3. The fourth-order valence-corrected chi connectivity index (χ4v) is 1.66. The maximum atomic E-state index is 9.35. The minimum atomic E-state index is 0.269. The summed E-state index contributed by atoms with van der Waals surface area (Å²) in [7, 11) is 0. The van der Waals surface area contributed by atoms with Crippen molar-refractivity contribution in [3.63, 3.8) is 0 Å². The van der Waals surface area contributed by atoms with E-state index in [9.17, 15) is 5.11 Å². The van der Waals surface area contributed by atoms with E-state index in [-0.39, 0.29) is 5.75 Å². The Morgan fingerprint density at radius 2 is 2.24 bits per heavy atom. The van der Waals surface area contributed by atoms with Gasteiger partial charge in [-0.3, -0.25) is 0 Å². The van der Waals surface area contributed by atoms with Gasteiger partial charge in [0.25, 0.3) is 0 Å². The van der Waals surface area contributed by atoms with E-state index >= 15 is 0 Å². The van der Waals surface area contributed by atoms with E-state index in [2.05, 4.69) is 10.3 Å². The number of phenols is 1. The fraction of sp³-hybridized carbons (Fsp3) is 0.333. The average molecular weight is 232 g/mol. The van der Waals surface area contributed by atoms with E-state index in [4.69, 9.17) is 5.73 Å². The van der Waals surface area contributed by atoms with Crippen LogP contribution in [0.1, 0.15) is 17.7 Å². The van der Waals surface area contributed by atoms with Gasteiger partial charge in [-0.2, -0.15) is 0 Å². The van der Waals surface area contributed by atoms with Gasteiger partial charge in [-0.25, -0.2) is 4.68 Å². The largest absolute Gasteiger partial charge is 0.508 e. The zero-order valence-corrected chi connectivity index (χ0v) is 9.58. The molecule has 0 atom stereocenters. The summed E-state index contributed by atoms with van der Waals surface area (Å²) in [6.45, 7) is 1.28. The van der Waals surface area contributed by atoms with Crippen LogP contribution in [0.5, 0.6) is 5.75 Å². The first-order valence-electron chi connectivity index (χ1n) is 5.65. The van der Waals surface area contributed by atoms with Crippen LogP contribution in [-0.2, 0) is 13.0 Å². The Balaban J connectivity index is 2.01. The smallest absolute Gasteiger partial charge is 0.115 e. The lowest BCUT2D eigenvalue weighted by atomic mass is 10.2. The Kier molecular flexibility index (Phi) is 3.72. The van der Waals surface area contributed by atoms with Crippen LogP contribution >= 0.6 is 0 Å². The number of aromatic nitrogens is 3. The summed E-state index contributed by atoms with van der Waals surface area (Å²) >= 11 is 0. The van der Waals surface area contributed by atoms with E-state index in [1.165, 1.54) is 0 Å². The molecule has 0 saturated carbocycles. The van der Waals surface area contributed by atoms with Crippen LogP contribution in [0.2, 0.25) is 0 Å².